The fourth-order valence-electron chi connectivity index (χ4n) is 2.49. The number of fused-ring (bicyclic) bond motifs is 1. The van der Waals surface area contributed by atoms with Crippen molar-refractivity contribution in [3.8, 4) is 0 Å². The van der Waals surface area contributed by atoms with Crippen LogP contribution in [0.4, 0.5) is 0 Å². The summed E-state index contributed by atoms with van der Waals surface area (Å²) in [7, 11) is 0. The van der Waals surface area contributed by atoms with Crippen LogP contribution < -0.4 is 5.32 Å². The molecule has 0 fully saturated rings. The summed E-state index contributed by atoms with van der Waals surface area (Å²) in [6, 6.07) is 15.6. The molecule has 0 radical (unpaired) electrons. The second-order valence-electron chi connectivity index (χ2n) is 5.89. The van der Waals surface area contributed by atoms with Gasteiger partial charge in [0.1, 0.15) is 5.01 Å². The van der Waals surface area contributed by atoms with Crippen molar-refractivity contribution in [2.45, 2.75) is 25.7 Å². The number of para-hydroxylation sites is 1. The molecule has 3 rings (SSSR count). The van der Waals surface area contributed by atoms with Gasteiger partial charge in [0.2, 0.25) is 0 Å². The minimum Gasteiger partial charge on any atom is -0.389 e. The molecule has 1 heterocycles. The van der Waals surface area contributed by atoms with Crippen LogP contribution >= 0.6 is 22.9 Å². The monoisotopic (exact) mass is 376 g/mol. The van der Waals surface area contributed by atoms with E-state index in [1.807, 2.05) is 49.4 Å². The van der Waals surface area contributed by atoms with E-state index in [0.29, 0.717) is 18.1 Å². The quantitative estimate of drug-likeness (QED) is 0.619. The highest BCUT2D eigenvalue weighted by atomic mass is 35.5. The second kappa shape index (κ2) is 8.74. The number of ether oxygens (including phenoxy) is 1. The maximum Gasteiger partial charge on any atom is 0.108 e. The molecule has 0 aliphatic carbocycles. The van der Waals surface area contributed by atoms with Gasteiger partial charge in [-0.3, -0.25) is 0 Å². The first-order valence-electron chi connectivity index (χ1n) is 8.22. The normalized spacial score (nSPS) is 13.9. The average Bonchev–Trinajstić information content (AvgIpc) is 3.03. The van der Waals surface area contributed by atoms with Gasteiger partial charge in [0, 0.05) is 18.1 Å². The van der Waals surface area contributed by atoms with Gasteiger partial charge in [0.25, 0.3) is 0 Å². The highest BCUT2D eigenvalue weighted by molar-refractivity contribution is 7.18. The Balaban J connectivity index is 1.40. The fraction of sp³-hybridized carbons (Fsp3) is 0.316. The molecule has 0 aliphatic rings. The van der Waals surface area contributed by atoms with Crippen LogP contribution in [0.5, 0.6) is 0 Å². The summed E-state index contributed by atoms with van der Waals surface area (Å²) >= 11 is 7.55. The first-order chi connectivity index (χ1) is 12.1. The van der Waals surface area contributed by atoms with Crippen molar-refractivity contribution >= 4 is 33.2 Å². The molecular formula is C19H21ClN2O2S. The summed E-state index contributed by atoms with van der Waals surface area (Å²) in [5, 5.41) is 15.0. The van der Waals surface area contributed by atoms with E-state index < -0.39 is 6.10 Å². The lowest BCUT2D eigenvalue weighted by Crippen LogP contribution is -2.30. The lowest BCUT2D eigenvalue weighted by atomic mass is 10.1. The van der Waals surface area contributed by atoms with Gasteiger partial charge >= 0.3 is 0 Å². The molecule has 0 amide bonds. The van der Waals surface area contributed by atoms with Crippen LogP contribution in [0, 0.1) is 0 Å². The maximum absolute atomic E-state index is 10.1. The van der Waals surface area contributed by atoms with Crippen LogP contribution in [0.3, 0.4) is 0 Å². The Hall–Kier alpha value is -1.50. The Morgan fingerprint density at radius 1 is 1.20 bits per heavy atom. The summed E-state index contributed by atoms with van der Waals surface area (Å²) in [6.45, 7) is 3.34. The molecule has 25 heavy (non-hydrogen) atoms. The van der Waals surface area contributed by atoms with E-state index in [2.05, 4.69) is 16.4 Å². The highest BCUT2D eigenvalue weighted by Crippen LogP contribution is 2.21. The lowest BCUT2D eigenvalue weighted by molar-refractivity contribution is -0.00212. The van der Waals surface area contributed by atoms with E-state index >= 15 is 0 Å². The molecule has 6 heteroatoms. The van der Waals surface area contributed by atoms with Crippen LogP contribution in [0.15, 0.2) is 48.5 Å². The summed E-state index contributed by atoms with van der Waals surface area (Å²) in [5.41, 5.74) is 2.06. The van der Waals surface area contributed by atoms with E-state index in [9.17, 15) is 5.11 Å². The van der Waals surface area contributed by atoms with Crippen molar-refractivity contribution in [1.82, 2.24) is 10.3 Å². The molecule has 2 unspecified atom stereocenters. The number of benzene rings is 2. The van der Waals surface area contributed by atoms with Gasteiger partial charge in [0.05, 0.1) is 29.0 Å². The van der Waals surface area contributed by atoms with E-state index in [1.165, 1.54) is 4.70 Å². The van der Waals surface area contributed by atoms with Crippen LogP contribution in [-0.4, -0.2) is 29.3 Å². The zero-order valence-corrected chi connectivity index (χ0v) is 15.6. The van der Waals surface area contributed by atoms with Crippen molar-refractivity contribution < 1.29 is 9.84 Å². The second-order valence-corrected chi connectivity index (χ2v) is 7.44. The molecule has 0 aliphatic heterocycles. The van der Waals surface area contributed by atoms with Crippen molar-refractivity contribution in [1.29, 1.82) is 0 Å². The van der Waals surface area contributed by atoms with Gasteiger partial charge in [-0.25, -0.2) is 4.98 Å². The van der Waals surface area contributed by atoms with Crippen molar-refractivity contribution in [3.05, 3.63) is 64.1 Å². The molecular weight excluding hydrogens is 356 g/mol. The van der Waals surface area contributed by atoms with Crippen molar-refractivity contribution in [2.24, 2.45) is 0 Å². The summed E-state index contributed by atoms with van der Waals surface area (Å²) < 4.78 is 6.91. The zero-order chi connectivity index (χ0) is 17.6. The third-order valence-electron chi connectivity index (χ3n) is 3.87. The van der Waals surface area contributed by atoms with Gasteiger partial charge in [-0.1, -0.05) is 35.9 Å². The third-order valence-corrected chi connectivity index (χ3v) is 5.16. The Bertz CT molecular complexity index is 774. The standard InChI is InChI=1S/C19H21ClN2O2S/c1-13(14-6-8-15(20)9-7-14)24-12-16(23)10-21-11-19-22-17-4-2-3-5-18(17)25-19/h2-9,13,16,21,23H,10-12H2,1H3. The molecule has 2 N–H and O–H groups in total. The molecule has 1 aromatic heterocycles. The van der Waals surface area contributed by atoms with E-state index in [0.717, 1.165) is 16.1 Å². The van der Waals surface area contributed by atoms with Crippen molar-refractivity contribution in [2.75, 3.05) is 13.2 Å². The van der Waals surface area contributed by atoms with E-state index in [4.69, 9.17) is 16.3 Å². The smallest absolute Gasteiger partial charge is 0.108 e. The highest BCUT2D eigenvalue weighted by Gasteiger charge is 2.10. The van der Waals surface area contributed by atoms with Crippen LogP contribution in [0.2, 0.25) is 5.02 Å². The van der Waals surface area contributed by atoms with Gasteiger partial charge < -0.3 is 15.2 Å². The van der Waals surface area contributed by atoms with Crippen LogP contribution in [0.25, 0.3) is 10.2 Å². The zero-order valence-electron chi connectivity index (χ0n) is 14.0. The third kappa shape index (κ3) is 5.23. The number of thiazole rings is 1. The summed E-state index contributed by atoms with van der Waals surface area (Å²) in [5.74, 6) is 0. The predicted molar refractivity (Wildman–Crippen MR) is 103 cm³/mol. The number of aliphatic hydroxyl groups is 1. The SMILES string of the molecule is CC(OCC(O)CNCc1nc2ccccc2s1)c1ccc(Cl)cc1. The van der Waals surface area contributed by atoms with Crippen molar-refractivity contribution in [3.63, 3.8) is 0 Å². The summed E-state index contributed by atoms with van der Waals surface area (Å²) in [4.78, 5) is 4.56. The molecule has 0 saturated carbocycles. The predicted octanol–water partition coefficient (Wildman–Crippen LogP) is 4.18. The number of aliphatic hydroxyl groups excluding tert-OH is 1. The van der Waals surface area contributed by atoms with Crippen LogP contribution in [-0.2, 0) is 11.3 Å². The minimum absolute atomic E-state index is 0.0869. The molecule has 132 valence electrons. The van der Waals surface area contributed by atoms with Gasteiger partial charge in [0.15, 0.2) is 0 Å². The first-order valence-corrected chi connectivity index (χ1v) is 9.41. The Labute approximate surface area is 156 Å². The number of rotatable bonds is 8. The molecule has 4 nitrogen and oxygen atoms in total. The topological polar surface area (TPSA) is 54.4 Å². The van der Waals surface area contributed by atoms with Gasteiger partial charge in [-0.05, 0) is 36.8 Å². The van der Waals surface area contributed by atoms with E-state index in [-0.39, 0.29) is 12.7 Å². The molecule has 0 bridgehead atoms. The maximum atomic E-state index is 10.1. The number of hydrogen-bond acceptors (Lipinski definition) is 5. The summed E-state index contributed by atoms with van der Waals surface area (Å²) in [6.07, 6.45) is -0.652. The first kappa shape index (κ1) is 18.3. The number of nitrogens with one attached hydrogen (secondary N) is 1. The molecule has 2 atom stereocenters. The number of hydrogen-bond donors (Lipinski definition) is 2. The Morgan fingerprint density at radius 3 is 2.72 bits per heavy atom. The van der Waals surface area contributed by atoms with Crippen LogP contribution in [0.1, 0.15) is 23.6 Å². The Morgan fingerprint density at radius 2 is 1.96 bits per heavy atom. The lowest BCUT2D eigenvalue weighted by Gasteiger charge is -2.17. The largest absolute Gasteiger partial charge is 0.389 e. The Kier molecular flexibility index (Phi) is 6.39. The average molecular weight is 377 g/mol. The number of nitrogens with zero attached hydrogens (tertiary/aromatic N) is 1. The molecule has 2 aromatic carbocycles. The minimum atomic E-state index is -0.566. The van der Waals surface area contributed by atoms with Gasteiger partial charge in [-0.15, -0.1) is 11.3 Å². The number of aromatic nitrogens is 1. The molecule has 0 spiro atoms. The molecule has 0 saturated heterocycles. The molecule has 3 aromatic rings. The van der Waals surface area contributed by atoms with Gasteiger partial charge in [-0.2, -0.15) is 0 Å². The number of halogens is 1. The van der Waals surface area contributed by atoms with E-state index in [1.54, 1.807) is 11.3 Å². The fourth-order valence-corrected chi connectivity index (χ4v) is 3.55.